The van der Waals surface area contributed by atoms with E-state index < -0.39 is 0 Å². The summed E-state index contributed by atoms with van der Waals surface area (Å²) in [5, 5.41) is 7.40. The van der Waals surface area contributed by atoms with Gasteiger partial charge in [-0.3, -0.25) is 9.78 Å². The number of hydrogen-bond donors (Lipinski definition) is 4. The van der Waals surface area contributed by atoms with Gasteiger partial charge in [-0.15, -0.1) is 12.6 Å². The minimum Gasteiger partial charge on any atom is -0.369 e. The van der Waals surface area contributed by atoms with Crippen LogP contribution in [0.15, 0.2) is 47.9 Å². The predicted octanol–water partition coefficient (Wildman–Crippen LogP) is 4.32. The van der Waals surface area contributed by atoms with Crippen LogP contribution in [0.5, 0.6) is 0 Å². The molecule has 0 aliphatic heterocycles. The van der Waals surface area contributed by atoms with E-state index in [1.807, 2.05) is 31.2 Å². The molecule has 0 saturated carbocycles. The molecule has 0 saturated heterocycles. The maximum Gasteiger partial charge on any atom is 0.251 e. The molecular weight excluding hydrogens is 454 g/mol. The maximum atomic E-state index is 12.2. The lowest BCUT2D eigenvalue weighted by atomic mass is 9.96. The fraction of sp³-hybridized carbons (Fsp3) is 0.217. The number of carbonyl (C=O) groups is 1. The quantitative estimate of drug-likeness (QED) is 0.186. The molecule has 3 heterocycles. The van der Waals surface area contributed by atoms with Crippen molar-refractivity contribution in [3.8, 4) is 11.3 Å². The standard InChI is InChI=1S/C23H23N7OS2/c1-12(14-5-4-6-15-16(21(31)24-3)7-8-25-20(14)15)10-26-18-9-17(27-11-28-18)19-22(32)29-13(2)30-23(19)33/h4-9,11-12H,10H2,1-3H3,(H,24,31)(H,26,27,28)(H2,29,30,32,33). The Morgan fingerprint density at radius 3 is 2.82 bits per heavy atom. The molecule has 0 fully saturated rings. The van der Waals surface area contributed by atoms with Crippen LogP contribution in [0.2, 0.25) is 0 Å². The molecule has 0 aliphatic rings. The summed E-state index contributed by atoms with van der Waals surface area (Å²) in [6.07, 6.45) is 3.15. The first-order valence-electron chi connectivity index (χ1n) is 10.3. The molecule has 1 unspecified atom stereocenters. The molecule has 168 valence electrons. The lowest BCUT2D eigenvalue weighted by Gasteiger charge is -2.16. The Morgan fingerprint density at radius 2 is 2.06 bits per heavy atom. The second-order valence-electron chi connectivity index (χ2n) is 7.60. The Labute approximate surface area is 201 Å². The molecule has 1 atom stereocenters. The molecule has 8 nitrogen and oxygen atoms in total. The third-order valence-electron chi connectivity index (χ3n) is 5.34. The van der Waals surface area contributed by atoms with E-state index in [-0.39, 0.29) is 11.8 Å². The molecule has 1 amide bonds. The summed E-state index contributed by atoms with van der Waals surface area (Å²) in [5.41, 5.74) is 3.77. The van der Waals surface area contributed by atoms with Crippen molar-refractivity contribution in [2.24, 2.45) is 0 Å². The number of aromatic nitrogens is 5. The highest BCUT2D eigenvalue weighted by Crippen LogP contribution is 2.28. The molecule has 3 aromatic heterocycles. The summed E-state index contributed by atoms with van der Waals surface area (Å²) in [7, 11) is 1.62. The van der Waals surface area contributed by atoms with E-state index in [2.05, 4.69) is 55.1 Å². The third-order valence-corrected chi connectivity index (χ3v) is 5.97. The minimum atomic E-state index is -0.133. The first-order chi connectivity index (χ1) is 15.9. The molecule has 1 aromatic carbocycles. The lowest BCUT2D eigenvalue weighted by Crippen LogP contribution is -2.18. The molecular formula is C23H23N7OS2. The molecule has 0 radical (unpaired) electrons. The van der Waals surface area contributed by atoms with Gasteiger partial charge in [-0.1, -0.05) is 37.3 Å². The number of hydrogen-bond acceptors (Lipinski definition) is 8. The van der Waals surface area contributed by atoms with Crippen molar-refractivity contribution in [3.63, 3.8) is 0 Å². The van der Waals surface area contributed by atoms with E-state index in [9.17, 15) is 4.79 Å². The number of anilines is 1. The molecule has 0 aliphatic carbocycles. The number of benzene rings is 1. The summed E-state index contributed by atoms with van der Waals surface area (Å²) >= 11 is 9.91. The van der Waals surface area contributed by atoms with Crippen molar-refractivity contribution in [3.05, 3.63) is 64.4 Å². The molecule has 10 heteroatoms. The van der Waals surface area contributed by atoms with E-state index >= 15 is 0 Å². The number of nitrogens with one attached hydrogen (secondary N) is 3. The number of aromatic amines is 1. The highest BCUT2D eigenvalue weighted by Gasteiger charge is 2.16. The number of nitrogens with zero attached hydrogens (tertiary/aromatic N) is 4. The van der Waals surface area contributed by atoms with Crippen LogP contribution in [0.3, 0.4) is 0 Å². The molecule has 33 heavy (non-hydrogen) atoms. The second-order valence-corrected chi connectivity index (χ2v) is 8.43. The largest absolute Gasteiger partial charge is 0.369 e. The van der Waals surface area contributed by atoms with Gasteiger partial charge in [0.15, 0.2) is 0 Å². The maximum absolute atomic E-state index is 12.2. The zero-order valence-electron chi connectivity index (χ0n) is 18.4. The fourth-order valence-electron chi connectivity index (χ4n) is 3.69. The van der Waals surface area contributed by atoms with Crippen LogP contribution in [0.1, 0.15) is 34.6 Å². The van der Waals surface area contributed by atoms with Crippen LogP contribution in [-0.4, -0.2) is 44.4 Å². The highest BCUT2D eigenvalue weighted by molar-refractivity contribution is 7.80. The first-order valence-corrected chi connectivity index (χ1v) is 11.2. The summed E-state index contributed by atoms with van der Waals surface area (Å²) in [4.78, 5) is 32.9. The molecule has 4 aromatic rings. The van der Waals surface area contributed by atoms with Crippen molar-refractivity contribution < 1.29 is 4.79 Å². The van der Waals surface area contributed by atoms with Crippen molar-refractivity contribution in [2.45, 2.75) is 24.8 Å². The third kappa shape index (κ3) is 4.71. The Morgan fingerprint density at radius 1 is 1.24 bits per heavy atom. The number of carbonyl (C=O) groups excluding carboxylic acids is 1. The monoisotopic (exact) mass is 477 g/mol. The summed E-state index contributed by atoms with van der Waals surface area (Å²) in [5.74, 6) is 1.32. The first kappa shape index (κ1) is 22.8. The van der Waals surface area contributed by atoms with Gasteiger partial charge in [0.2, 0.25) is 0 Å². The number of thiol groups is 1. The van der Waals surface area contributed by atoms with E-state index in [0.717, 1.165) is 16.5 Å². The number of pyridine rings is 1. The van der Waals surface area contributed by atoms with Crippen LogP contribution in [0.4, 0.5) is 5.82 Å². The lowest BCUT2D eigenvalue weighted by molar-refractivity contribution is 0.0964. The fourth-order valence-corrected chi connectivity index (χ4v) is 4.49. The van der Waals surface area contributed by atoms with E-state index in [4.69, 9.17) is 12.2 Å². The van der Waals surface area contributed by atoms with E-state index in [1.165, 1.54) is 6.33 Å². The Bertz CT molecular complexity index is 1400. The van der Waals surface area contributed by atoms with Gasteiger partial charge in [0.1, 0.15) is 27.6 Å². The summed E-state index contributed by atoms with van der Waals surface area (Å²) < 4.78 is 0.527. The SMILES string of the molecule is CNC(=O)c1ccnc2c(C(C)CNc3cc(-c4c(S)nc(C)[nH]c4=S)ncn3)cccc12. The van der Waals surface area contributed by atoms with Gasteiger partial charge in [-0.25, -0.2) is 15.0 Å². The molecule has 3 N–H and O–H groups in total. The topological polar surface area (TPSA) is 108 Å². The second kappa shape index (κ2) is 9.63. The van der Waals surface area contributed by atoms with Gasteiger partial charge in [0.25, 0.3) is 5.91 Å². The van der Waals surface area contributed by atoms with Gasteiger partial charge in [-0.2, -0.15) is 0 Å². The number of para-hydroxylation sites is 1. The van der Waals surface area contributed by atoms with Crippen LogP contribution < -0.4 is 10.6 Å². The van der Waals surface area contributed by atoms with Crippen molar-refractivity contribution in [1.82, 2.24) is 30.2 Å². The van der Waals surface area contributed by atoms with Crippen LogP contribution in [0.25, 0.3) is 22.2 Å². The normalized spacial score (nSPS) is 11.9. The van der Waals surface area contributed by atoms with Crippen LogP contribution >= 0.6 is 24.8 Å². The van der Waals surface area contributed by atoms with Gasteiger partial charge in [0.05, 0.1) is 22.3 Å². The van der Waals surface area contributed by atoms with Gasteiger partial charge >= 0.3 is 0 Å². The molecule has 0 bridgehead atoms. The number of H-pyrrole nitrogens is 1. The Balaban J connectivity index is 1.59. The van der Waals surface area contributed by atoms with Crippen LogP contribution in [0, 0.1) is 11.6 Å². The minimum absolute atomic E-state index is 0.101. The summed E-state index contributed by atoms with van der Waals surface area (Å²) in [6.45, 7) is 4.53. The highest BCUT2D eigenvalue weighted by atomic mass is 32.1. The molecule has 0 spiro atoms. The Kier molecular flexibility index (Phi) is 6.66. The van der Waals surface area contributed by atoms with Gasteiger partial charge in [0, 0.05) is 37.2 Å². The smallest absolute Gasteiger partial charge is 0.251 e. The van der Waals surface area contributed by atoms with Crippen LogP contribution in [-0.2, 0) is 0 Å². The van der Waals surface area contributed by atoms with Crippen molar-refractivity contribution in [1.29, 1.82) is 0 Å². The van der Waals surface area contributed by atoms with E-state index in [0.29, 0.717) is 44.7 Å². The summed E-state index contributed by atoms with van der Waals surface area (Å²) in [6, 6.07) is 9.46. The van der Waals surface area contributed by atoms with Gasteiger partial charge in [-0.05, 0) is 18.6 Å². The zero-order chi connectivity index (χ0) is 23.5. The number of rotatable bonds is 6. The van der Waals surface area contributed by atoms with Crippen molar-refractivity contribution >= 4 is 47.5 Å². The van der Waals surface area contributed by atoms with Gasteiger partial charge < -0.3 is 15.6 Å². The van der Waals surface area contributed by atoms with E-state index in [1.54, 1.807) is 19.3 Å². The average Bonchev–Trinajstić information content (AvgIpc) is 2.81. The predicted molar refractivity (Wildman–Crippen MR) is 134 cm³/mol. The molecule has 4 rings (SSSR count). The zero-order valence-corrected chi connectivity index (χ0v) is 20.1. The number of fused-ring (bicyclic) bond motifs is 1. The average molecular weight is 478 g/mol. The Hall–Kier alpha value is -3.37. The number of aryl methyl sites for hydroxylation is 1. The van der Waals surface area contributed by atoms with Crippen molar-refractivity contribution in [2.75, 3.05) is 18.9 Å². The number of amides is 1.